The maximum Gasteiger partial charge on any atom is 0.333 e. The van der Waals surface area contributed by atoms with Gasteiger partial charge in [-0.3, -0.25) is 8.98 Å². The van der Waals surface area contributed by atoms with Crippen molar-refractivity contribution in [2.45, 2.75) is 31.7 Å². The van der Waals surface area contributed by atoms with Crippen LogP contribution in [-0.2, 0) is 27.5 Å². The predicted octanol–water partition coefficient (Wildman–Crippen LogP) is 2.26. The molecule has 12 heteroatoms. The van der Waals surface area contributed by atoms with Crippen LogP contribution in [0.15, 0.2) is 55.2 Å². The Morgan fingerprint density at radius 2 is 2.11 bits per heavy atom. The van der Waals surface area contributed by atoms with Gasteiger partial charge in [0.1, 0.15) is 12.5 Å². The number of hydrogen-bond donors (Lipinski definition) is 2. The number of aliphatic hydroxyl groups excluding tert-OH is 1. The van der Waals surface area contributed by atoms with E-state index in [1.165, 1.54) is 12.5 Å². The second-order valence-electron chi connectivity index (χ2n) is 8.59. The summed E-state index contributed by atoms with van der Waals surface area (Å²) in [7, 11) is -4.20. The van der Waals surface area contributed by atoms with Crippen molar-refractivity contribution in [1.29, 1.82) is 0 Å². The Morgan fingerprint density at radius 3 is 2.86 bits per heavy atom. The van der Waals surface area contributed by atoms with Crippen LogP contribution in [0, 0.1) is 15.4 Å². The molecule has 35 heavy (non-hydrogen) atoms. The molecule has 1 saturated carbocycles. The van der Waals surface area contributed by atoms with E-state index < -0.39 is 41.0 Å². The minimum atomic E-state index is -4.20. The van der Waals surface area contributed by atoms with Crippen molar-refractivity contribution >= 4 is 38.7 Å². The molecule has 0 spiro atoms. The molecule has 1 aliphatic carbocycles. The number of benzene rings is 1. The van der Waals surface area contributed by atoms with Gasteiger partial charge in [0.25, 0.3) is 0 Å². The zero-order valence-electron chi connectivity index (χ0n) is 18.5. The van der Waals surface area contributed by atoms with Crippen molar-refractivity contribution in [2.75, 3.05) is 6.61 Å². The molecule has 0 unspecified atom stereocenters. The summed E-state index contributed by atoms with van der Waals surface area (Å²) in [4.78, 5) is 21.4. The van der Waals surface area contributed by atoms with Gasteiger partial charge in [0.15, 0.2) is 5.78 Å². The Morgan fingerprint density at radius 1 is 1.31 bits per heavy atom. The lowest BCUT2D eigenvalue weighted by Crippen LogP contribution is -2.29. The van der Waals surface area contributed by atoms with Gasteiger partial charge < -0.3 is 9.67 Å². The highest BCUT2D eigenvalue weighted by atomic mass is 127. The molecule has 0 aliphatic heterocycles. The van der Waals surface area contributed by atoms with E-state index in [1.54, 1.807) is 12.3 Å². The fraction of sp³-hybridized carbons (Fsp3) is 0.348. The van der Waals surface area contributed by atoms with E-state index in [0.29, 0.717) is 17.8 Å². The molecule has 2 aromatic heterocycles. The first-order valence-electron chi connectivity index (χ1n) is 10.8. The SMILES string of the molecule is NS(=O)(=O)OC[C@H]1C[C@@H](Cc2ncncc2C(=O)c2ccn(Cc3cccc(I)c3)c2)[C@@H](F)[C@@H]1O. The van der Waals surface area contributed by atoms with Gasteiger partial charge in [-0.15, -0.1) is 0 Å². The summed E-state index contributed by atoms with van der Waals surface area (Å²) in [6.07, 6.45) is 3.46. The Bertz CT molecular complexity index is 1320. The van der Waals surface area contributed by atoms with E-state index in [0.717, 1.165) is 9.13 Å². The third-order valence-electron chi connectivity index (χ3n) is 6.07. The third kappa shape index (κ3) is 6.50. The van der Waals surface area contributed by atoms with Crippen LogP contribution in [0.1, 0.15) is 33.6 Å². The van der Waals surface area contributed by atoms with Gasteiger partial charge in [0.2, 0.25) is 0 Å². The van der Waals surface area contributed by atoms with Crippen LogP contribution in [-0.4, -0.2) is 52.7 Å². The van der Waals surface area contributed by atoms with Gasteiger partial charge in [0.05, 0.1) is 24.0 Å². The quantitative estimate of drug-likeness (QED) is 0.279. The fourth-order valence-corrected chi connectivity index (χ4v) is 5.34. The van der Waals surface area contributed by atoms with Crippen molar-refractivity contribution in [3.8, 4) is 0 Å². The van der Waals surface area contributed by atoms with E-state index in [4.69, 9.17) is 5.14 Å². The van der Waals surface area contributed by atoms with Crippen LogP contribution in [0.4, 0.5) is 4.39 Å². The molecule has 1 aliphatic rings. The second-order valence-corrected chi connectivity index (χ2v) is 11.1. The number of aromatic nitrogens is 3. The average Bonchev–Trinajstić information content (AvgIpc) is 3.37. The number of nitrogens with zero attached hydrogens (tertiary/aromatic N) is 3. The third-order valence-corrected chi connectivity index (χ3v) is 7.21. The molecular weight excluding hydrogens is 590 g/mol. The van der Waals surface area contributed by atoms with Crippen molar-refractivity contribution in [2.24, 2.45) is 17.0 Å². The molecule has 3 N–H and O–H groups in total. The molecule has 4 rings (SSSR count). The molecular formula is C23H24FIN4O5S. The van der Waals surface area contributed by atoms with Crippen molar-refractivity contribution in [3.63, 3.8) is 0 Å². The molecule has 0 radical (unpaired) electrons. The average molecular weight is 614 g/mol. The number of rotatable bonds is 9. The van der Waals surface area contributed by atoms with Gasteiger partial charge >= 0.3 is 10.3 Å². The van der Waals surface area contributed by atoms with E-state index in [9.17, 15) is 22.7 Å². The first kappa shape index (κ1) is 25.8. The number of nitrogens with two attached hydrogens (primary N) is 1. The lowest BCUT2D eigenvalue weighted by Gasteiger charge is -2.15. The molecule has 1 fully saturated rings. The predicted molar refractivity (Wildman–Crippen MR) is 133 cm³/mol. The van der Waals surface area contributed by atoms with Crippen LogP contribution < -0.4 is 5.14 Å². The summed E-state index contributed by atoms with van der Waals surface area (Å²) in [6.45, 7) is 0.189. The van der Waals surface area contributed by atoms with E-state index >= 15 is 0 Å². The number of aliphatic hydroxyl groups is 1. The van der Waals surface area contributed by atoms with E-state index in [1.807, 2.05) is 29.0 Å². The minimum Gasteiger partial charge on any atom is -0.390 e. The highest BCUT2D eigenvalue weighted by Gasteiger charge is 2.43. The summed E-state index contributed by atoms with van der Waals surface area (Å²) < 4.78 is 44.5. The molecule has 2 heterocycles. The lowest BCUT2D eigenvalue weighted by atomic mass is 9.95. The summed E-state index contributed by atoms with van der Waals surface area (Å²) in [6, 6.07) is 9.77. The Hall–Kier alpha value is -2.26. The zero-order valence-corrected chi connectivity index (χ0v) is 21.5. The summed E-state index contributed by atoms with van der Waals surface area (Å²) in [5.74, 6) is -1.71. The summed E-state index contributed by atoms with van der Waals surface area (Å²) >= 11 is 2.25. The maximum atomic E-state index is 14.8. The first-order valence-corrected chi connectivity index (χ1v) is 13.4. The normalized spacial score (nSPS) is 22.4. The number of ketones is 1. The topological polar surface area (TPSA) is 137 Å². The summed E-state index contributed by atoms with van der Waals surface area (Å²) in [5, 5.41) is 15.0. The van der Waals surface area contributed by atoms with Crippen LogP contribution in [0.5, 0.6) is 0 Å². The number of hydrogen-bond acceptors (Lipinski definition) is 7. The number of alkyl halides is 1. The van der Waals surface area contributed by atoms with Crippen LogP contribution >= 0.6 is 22.6 Å². The largest absolute Gasteiger partial charge is 0.390 e. The van der Waals surface area contributed by atoms with Crippen LogP contribution in [0.3, 0.4) is 0 Å². The van der Waals surface area contributed by atoms with Gasteiger partial charge in [-0.2, -0.15) is 8.42 Å². The van der Waals surface area contributed by atoms with Gasteiger partial charge in [0, 0.05) is 40.2 Å². The first-order chi connectivity index (χ1) is 16.6. The van der Waals surface area contributed by atoms with Crippen molar-refractivity contribution in [3.05, 3.63) is 81.2 Å². The molecule has 3 aromatic rings. The summed E-state index contributed by atoms with van der Waals surface area (Å²) in [5.41, 5.74) is 2.17. The lowest BCUT2D eigenvalue weighted by molar-refractivity contribution is 0.0438. The van der Waals surface area contributed by atoms with Gasteiger partial charge in [-0.05, 0) is 65.1 Å². The van der Waals surface area contributed by atoms with Crippen molar-refractivity contribution < 1.29 is 26.9 Å². The molecule has 9 nitrogen and oxygen atoms in total. The fourth-order valence-electron chi connectivity index (χ4n) is 4.37. The van der Waals surface area contributed by atoms with Crippen LogP contribution in [0.2, 0.25) is 0 Å². The Labute approximate surface area is 215 Å². The number of carbonyl (C=O) groups excluding carboxylic acids is 1. The Balaban J connectivity index is 1.47. The molecule has 0 bridgehead atoms. The van der Waals surface area contributed by atoms with E-state index in [2.05, 4.69) is 42.8 Å². The van der Waals surface area contributed by atoms with Crippen molar-refractivity contribution in [1.82, 2.24) is 14.5 Å². The monoisotopic (exact) mass is 614 g/mol. The molecule has 4 atom stereocenters. The number of halogens is 2. The zero-order chi connectivity index (χ0) is 25.2. The van der Waals surface area contributed by atoms with Crippen LogP contribution in [0.25, 0.3) is 0 Å². The minimum absolute atomic E-state index is 0.0802. The maximum absolute atomic E-state index is 14.8. The smallest absolute Gasteiger partial charge is 0.333 e. The standard InChI is InChI=1S/C23H24FIN4O5S/c24-21-16(7-17(23(21)31)12-34-35(26,32)33)8-20-19(9-27-13-28-20)22(30)15-4-5-29(11-15)10-14-2-1-3-18(25)6-14/h1-6,9,11,13,16-17,21,23,31H,7-8,10,12H2,(H2,26,32,33)/t16-,17+,21+,23+/m0/s1. The molecule has 186 valence electrons. The highest BCUT2D eigenvalue weighted by molar-refractivity contribution is 14.1. The molecule has 0 saturated heterocycles. The van der Waals surface area contributed by atoms with E-state index in [-0.39, 0.29) is 24.2 Å². The molecule has 0 amide bonds. The highest BCUT2D eigenvalue weighted by Crippen LogP contribution is 2.37. The Kier molecular flexibility index (Phi) is 7.96. The molecule has 1 aromatic carbocycles. The second kappa shape index (κ2) is 10.8. The van der Waals surface area contributed by atoms with Gasteiger partial charge in [-0.25, -0.2) is 19.5 Å². The number of carbonyl (C=O) groups is 1. The van der Waals surface area contributed by atoms with Gasteiger partial charge in [-0.1, -0.05) is 12.1 Å².